The minimum absolute atomic E-state index is 0.398. The average Bonchev–Trinajstić information content (AvgIpc) is 3.05. The van der Waals surface area contributed by atoms with Crippen LogP contribution in [0.2, 0.25) is 0 Å². The van der Waals surface area contributed by atoms with Crippen molar-refractivity contribution in [2.45, 2.75) is 13.3 Å². The van der Waals surface area contributed by atoms with Crippen molar-refractivity contribution in [3.8, 4) is 11.5 Å². The number of hydrogen-bond acceptors (Lipinski definition) is 4. The second-order valence-electron chi connectivity index (χ2n) is 5.31. The lowest BCUT2D eigenvalue weighted by Gasteiger charge is -2.12. The lowest BCUT2D eigenvalue weighted by Crippen LogP contribution is -2.23. The van der Waals surface area contributed by atoms with Gasteiger partial charge in [-0.15, -0.1) is 11.3 Å². The molecule has 5 nitrogen and oxygen atoms in total. The van der Waals surface area contributed by atoms with Gasteiger partial charge in [-0.25, -0.2) is 0 Å². The lowest BCUT2D eigenvalue weighted by molar-refractivity contribution is 0.355. The average molecular weight is 333 g/mol. The molecule has 2 rings (SSSR count). The Kier molecular flexibility index (Phi) is 6.29. The van der Waals surface area contributed by atoms with Crippen LogP contribution < -0.4 is 20.5 Å². The van der Waals surface area contributed by atoms with Gasteiger partial charge in [0.05, 0.1) is 14.2 Å². The number of ether oxygens (including phenoxy) is 2. The number of guanidine groups is 1. The quantitative estimate of drug-likeness (QED) is 0.602. The standard InChI is InChI=1S/C17H23N3O2S/c1-12(9-14-5-4-8-23-14)11-19-17(18)20-13-6-7-15(21-2)16(10-13)22-3/h4-8,10,12H,9,11H2,1-3H3,(H3,18,19,20). The summed E-state index contributed by atoms with van der Waals surface area (Å²) in [6.07, 6.45) is 1.02. The molecule has 1 heterocycles. The Bertz CT molecular complexity index is 641. The van der Waals surface area contributed by atoms with Crippen molar-refractivity contribution < 1.29 is 9.47 Å². The van der Waals surface area contributed by atoms with Gasteiger partial charge in [-0.2, -0.15) is 0 Å². The maximum Gasteiger partial charge on any atom is 0.193 e. The highest BCUT2D eigenvalue weighted by atomic mass is 32.1. The number of nitrogens with two attached hydrogens (primary N) is 1. The first-order valence-corrected chi connectivity index (χ1v) is 8.31. The van der Waals surface area contributed by atoms with E-state index in [-0.39, 0.29) is 0 Å². The predicted molar refractivity (Wildman–Crippen MR) is 96.8 cm³/mol. The topological polar surface area (TPSA) is 68.9 Å². The monoisotopic (exact) mass is 333 g/mol. The normalized spacial score (nSPS) is 12.7. The molecule has 0 aliphatic heterocycles. The Balaban J connectivity index is 1.91. The minimum Gasteiger partial charge on any atom is -0.493 e. The fourth-order valence-corrected chi connectivity index (χ4v) is 3.06. The van der Waals surface area contributed by atoms with Crippen molar-refractivity contribution in [1.29, 1.82) is 0 Å². The highest BCUT2D eigenvalue weighted by molar-refractivity contribution is 7.09. The molecule has 0 saturated heterocycles. The largest absolute Gasteiger partial charge is 0.493 e. The van der Waals surface area contributed by atoms with Crippen LogP contribution >= 0.6 is 11.3 Å². The molecule has 2 aromatic rings. The van der Waals surface area contributed by atoms with Gasteiger partial charge in [0, 0.05) is 23.2 Å². The van der Waals surface area contributed by atoms with Crippen molar-refractivity contribution in [1.82, 2.24) is 0 Å². The first-order chi connectivity index (χ1) is 11.1. The molecule has 124 valence electrons. The fourth-order valence-electron chi connectivity index (χ4n) is 2.19. The van der Waals surface area contributed by atoms with Crippen LogP contribution in [0.4, 0.5) is 5.69 Å². The van der Waals surface area contributed by atoms with E-state index in [1.54, 1.807) is 25.6 Å². The first-order valence-electron chi connectivity index (χ1n) is 7.43. The summed E-state index contributed by atoms with van der Waals surface area (Å²) in [6.45, 7) is 2.86. The summed E-state index contributed by atoms with van der Waals surface area (Å²) in [6, 6.07) is 9.75. The van der Waals surface area contributed by atoms with Crippen molar-refractivity contribution in [2.24, 2.45) is 16.6 Å². The van der Waals surface area contributed by atoms with Gasteiger partial charge in [0.2, 0.25) is 0 Å². The Morgan fingerprint density at radius 2 is 2.04 bits per heavy atom. The summed E-state index contributed by atoms with van der Waals surface area (Å²) < 4.78 is 10.5. The van der Waals surface area contributed by atoms with Crippen LogP contribution in [0.1, 0.15) is 11.8 Å². The zero-order valence-corrected chi connectivity index (χ0v) is 14.5. The molecule has 23 heavy (non-hydrogen) atoms. The summed E-state index contributed by atoms with van der Waals surface area (Å²) in [5, 5.41) is 5.17. The molecule has 0 fully saturated rings. The third-order valence-corrected chi connectivity index (χ3v) is 4.26. The molecule has 6 heteroatoms. The number of nitrogens with one attached hydrogen (secondary N) is 1. The zero-order chi connectivity index (χ0) is 16.7. The van der Waals surface area contributed by atoms with E-state index in [0.717, 1.165) is 12.1 Å². The second kappa shape index (κ2) is 8.43. The van der Waals surface area contributed by atoms with E-state index in [1.807, 2.05) is 18.2 Å². The summed E-state index contributed by atoms with van der Waals surface area (Å²) in [5.41, 5.74) is 6.77. The predicted octanol–water partition coefficient (Wildman–Crippen LogP) is 3.37. The van der Waals surface area contributed by atoms with Crippen molar-refractivity contribution in [3.05, 3.63) is 40.6 Å². The SMILES string of the molecule is COc1ccc(NC(N)=NCC(C)Cc2cccs2)cc1OC. The molecule has 0 saturated carbocycles. The Morgan fingerprint density at radius 1 is 1.26 bits per heavy atom. The number of anilines is 1. The van der Waals surface area contributed by atoms with Gasteiger partial charge in [0.1, 0.15) is 0 Å². The number of thiophene rings is 1. The van der Waals surface area contributed by atoms with Crippen molar-refractivity contribution in [3.63, 3.8) is 0 Å². The Labute approximate surface area is 141 Å². The summed E-state index contributed by atoms with van der Waals surface area (Å²) in [5.74, 6) is 2.17. The van der Waals surface area contributed by atoms with E-state index < -0.39 is 0 Å². The van der Waals surface area contributed by atoms with Crippen molar-refractivity contribution in [2.75, 3.05) is 26.1 Å². The first kappa shape index (κ1) is 17.1. The number of nitrogens with zero attached hydrogens (tertiary/aromatic N) is 1. The van der Waals surface area contributed by atoms with Gasteiger partial charge >= 0.3 is 0 Å². The maximum absolute atomic E-state index is 5.96. The number of benzene rings is 1. The maximum atomic E-state index is 5.96. The van der Waals surface area contributed by atoms with Crippen LogP contribution in [-0.4, -0.2) is 26.7 Å². The third-order valence-electron chi connectivity index (χ3n) is 3.36. The van der Waals surface area contributed by atoms with Gasteiger partial charge in [-0.1, -0.05) is 13.0 Å². The molecule has 1 atom stereocenters. The molecular formula is C17H23N3O2S. The van der Waals surface area contributed by atoms with Gasteiger partial charge in [0.15, 0.2) is 17.5 Å². The molecule has 0 radical (unpaired) electrons. The van der Waals surface area contributed by atoms with E-state index in [0.29, 0.717) is 29.9 Å². The lowest BCUT2D eigenvalue weighted by atomic mass is 10.1. The molecule has 0 spiro atoms. The minimum atomic E-state index is 0.398. The highest BCUT2D eigenvalue weighted by Crippen LogP contribution is 2.29. The Morgan fingerprint density at radius 3 is 2.70 bits per heavy atom. The van der Waals surface area contributed by atoms with Crippen LogP contribution in [0.15, 0.2) is 40.7 Å². The molecule has 0 aliphatic rings. The third kappa shape index (κ3) is 5.17. The van der Waals surface area contributed by atoms with Crippen molar-refractivity contribution >= 4 is 23.0 Å². The second-order valence-corrected chi connectivity index (χ2v) is 6.34. The molecule has 1 aromatic heterocycles. The summed E-state index contributed by atoms with van der Waals surface area (Å²) in [7, 11) is 3.21. The molecule has 3 N–H and O–H groups in total. The van der Waals surface area contributed by atoms with Gasteiger partial charge in [-0.05, 0) is 35.9 Å². The highest BCUT2D eigenvalue weighted by Gasteiger charge is 2.06. The summed E-state index contributed by atoms with van der Waals surface area (Å²) >= 11 is 1.77. The fraction of sp³-hybridized carbons (Fsp3) is 0.353. The van der Waals surface area contributed by atoms with Gasteiger partial charge in [-0.3, -0.25) is 4.99 Å². The van der Waals surface area contributed by atoms with E-state index in [9.17, 15) is 0 Å². The molecule has 0 aliphatic carbocycles. The number of hydrogen-bond donors (Lipinski definition) is 2. The smallest absolute Gasteiger partial charge is 0.193 e. The van der Waals surface area contributed by atoms with Gasteiger partial charge < -0.3 is 20.5 Å². The van der Waals surface area contributed by atoms with Crippen LogP contribution in [0.25, 0.3) is 0 Å². The summed E-state index contributed by atoms with van der Waals surface area (Å²) in [4.78, 5) is 5.79. The molecule has 0 amide bonds. The number of methoxy groups -OCH3 is 2. The number of rotatable bonds is 7. The number of aliphatic imine (C=N–C) groups is 1. The van der Waals surface area contributed by atoms with Crippen LogP contribution in [-0.2, 0) is 6.42 Å². The van der Waals surface area contributed by atoms with E-state index in [4.69, 9.17) is 15.2 Å². The van der Waals surface area contributed by atoms with Crippen LogP contribution in [0.3, 0.4) is 0 Å². The molecular weight excluding hydrogens is 310 g/mol. The van der Waals surface area contributed by atoms with Gasteiger partial charge in [0.25, 0.3) is 0 Å². The van der Waals surface area contributed by atoms with E-state index in [2.05, 4.69) is 34.7 Å². The zero-order valence-electron chi connectivity index (χ0n) is 13.7. The molecule has 1 unspecified atom stereocenters. The molecule has 0 bridgehead atoms. The van der Waals surface area contributed by atoms with Crippen LogP contribution in [0.5, 0.6) is 11.5 Å². The van der Waals surface area contributed by atoms with Crippen LogP contribution in [0, 0.1) is 5.92 Å². The van der Waals surface area contributed by atoms with E-state index in [1.165, 1.54) is 4.88 Å². The molecule has 1 aromatic carbocycles. The van der Waals surface area contributed by atoms with E-state index >= 15 is 0 Å². The Hall–Kier alpha value is -2.21.